The molecule has 136 valence electrons. The van der Waals surface area contributed by atoms with Gasteiger partial charge in [-0.15, -0.1) is 0 Å². The average molecular weight is 387 g/mol. The van der Waals surface area contributed by atoms with Crippen molar-refractivity contribution in [2.45, 2.75) is 0 Å². The number of aromatic nitrogens is 2. The lowest BCUT2D eigenvalue weighted by Gasteiger charge is -2.11. The Balaban J connectivity index is 1.76. The summed E-state index contributed by atoms with van der Waals surface area (Å²) in [6.45, 7) is 0. The van der Waals surface area contributed by atoms with Gasteiger partial charge in [0.2, 0.25) is 5.89 Å². The molecule has 0 aliphatic heterocycles. The van der Waals surface area contributed by atoms with E-state index in [-0.39, 0.29) is 0 Å². The van der Waals surface area contributed by atoms with Crippen molar-refractivity contribution in [2.75, 3.05) is 11.5 Å². The maximum Gasteiger partial charge on any atom is 0.227 e. The first-order valence-electron chi connectivity index (χ1n) is 8.70. The molecule has 0 amide bonds. The molecule has 0 aliphatic carbocycles. The zero-order valence-electron chi connectivity index (χ0n) is 14.7. The van der Waals surface area contributed by atoms with Gasteiger partial charge >= 0.3 is 0 Å². The standard InChI is InChI=1S/C22H15ClN4O/c23-18-11-26-21(25)10-17(18)15-5-1-4-14-13(15)3-2-6-16(14)22-27-19-9-12(24)7-8-20(19)28-22/h1-11H,24H2,(H2,25,26). The molecule has 4 N–H and O–H groups in total. The predicted molar refractivity (Wildman–Crippen MR) is 114 cm³/mol. The molecule has 0 saturated carbocycles. The van der Waals surface area contributed by atoms with E-state index in [1.54, 1.807) is 24.4 Å². The summed E-state index contributed by atoms with van der Waals surface area (Å²) in [7, 11) is 0. The van der Waals surface area contributed by atoms with Crippen molar-refractivity contribution in [1.29, 1.82) is 0 Å². The van der Waals surface area contributed by atoms with Crippen LogP contribution >= 0.6 is 11.6 Å². The Morgan fingerprint density at radius 3 is 2.39 bits per heavy atom. The Hall–Kier alpha value is -3.57. The lowest BCUT2D eigenvalue weighted by Crippen LogP contribution is -1.92. The number of anilines is 2. The fourth-order valence-electron chi connectivity index (χ4n) is 3.45. The van der Waals surface area contributed by atoms with Crippen LogP contribution in [0.5, 0.6) is 0 Å². The Morgan fingerprint density at radius 2 is 1.57 bits per heavy atom. The Bertz CT molecular complexity index is 1360. The molecule has 3 aromatic carbocycles. The van der Waals surface area contributed by atoms with Gasteiger partial charge in [0.25, 0.3) is 0 Å². The lowest BCUT2D eigenvalue weighted by atomic mass is 9.96. The van der Waals surface area contributed by atoms with Gasteiger partial charge in [0.05, 0.1) is 5.02 Å². The number of pyridine rings is 1. The van der Waals surface area contributed by atoms with Crippen LogP contribution in [0.2, 0.25) is 5.02 Å². The summed E-state index contributed by atoms with van der Waals surface area (Å²) in [4.78, 5) is 8.68. The molecule has 0 atom stereocenters. The number of nitrogens with two attached hydrogens (primary N) is 2. The minimum atomic E-state index is 0.420. The molecule has 5 rings (SSSR count). The van der Waals surface area contributed by atoms with Crippen LogP contribution in [-0.2, 0) is 0 Å². The number of oxazole rings is 1. The summed E-state index contributed by atoms with van der Waals surface area (Å²) < 4.78 is 5.98. The van der Waals surface area contributed by atoms with Crippen LogP contribution in [0.4, 0.5) is 11.5 Å². The van der Waals surface area contributed by atoms with Crippen molar-refractivity contribution in [2.24, 2.45) is 0 Å². The average Bonchev–Trinajstić information content (AvgIpc) is 3.12. The molecule has 28 heavy (non-hydrogen) atoms. The van der Waals surface area contributed by atoms with E-state index < -0.39 is 0 Å². The minimum Gasteiger partial charge on any atom is -0.436 e. The van der Waals surface area contributed by atoms with Crippen LogP contribution in [0.15, 0.2) is 71.3 Å². The summed E-state index contributed by atoms with van der Waals surface area (Å²) in [5.41, 5.74) is 16.5. The number of halogens is 1. The van der Waals surface area contributed by atoms with Gasteiger partial charge in [-0.3, -0.25) is 0 Å². The Morgan fingerprint density at radius 1 is 0.821 bits per heavy atom. The number of nitrogens with zero attached hydrogens (tertiary/aromatic N) is 2. The second kappa shape index (κ2) is 6.25. The van der Waals surface area contributed by atoms with E-state index in [4.69, 9.17) is 27.5 Å². The highest BCUT2D eigenvalue weighted by atomic mass is 35.5. The number of benzene rings is 3. The van der Waals surface area contributed by atoms with Crippen molar-refractivity contribution < 1.29 is 4.42 Å². The van der Waals surface area contributed by atoms with Gasteiger partial charge in [-0.05, 0) is 46.7 Å². The fraction of sp³-hybridized carbons (Fsp3) is 0. The van der Waals surface area contributed by atoms with Crippen LogP contribution in [0, 0.1) is 0 Å². The summed E-state index contributed by atoms with van der Waals surface area (Å²) in [6, 6.07) is 19.3. The maximum absolute atomic E-state index is 6.40. The number of rotatable bonds is 2. The van der Waals surface area contributed by atoms with E-state index in [1.807, 2.05) is 42.5 Å². The minimum absolute atomic E-state index is 0.420. The molecule has 2 heterocycles. The molecule has 0 spiro atoms. The number of fused-ring (bicyclic) bond motifs is 2. The van der Waals surface area contributed by atoms with Gasteiger partial charge in [0.15, 0.2) is 5.58 Å². The molecule has 6 heteroatoms. The van der Waals surface area contributed by atoms with Crippen molar-refractivity contribution >= 4 is 45.0 Å². The molecule has 2 aromatic heterocycles. The Labute approximate surface area is 165 Å². The second-order valence-electron chi connectivity index (χ2n) is 6.54. The van der Waals surface area contributed by atoms with Crippen molar-refractivity contribution in [3.05, 3.63) is 71.9 Å². The molecule has 0 radical (unpaired) electrons. The summed E-state index contributed by atoms with van der Waals surface area (Å²) >= 11 is 6.40. The van der Waals surface area contributed by atoms with E-state index in [0.717, 1.165) is 33.0 Å². The fourth-order valence-corrected chi connectivity index (χ4v) is 3.66. The number of hydrogen-bond donors (Lipinski definition) is 2. The van der Waals surface area contributed by atoms with Crippen LogP contribution in [0.3, 0.4) is 0 Å². The SMILES string of the molecule is Nc1ccc2oc(-c3cccc4c(-c5cc(N)ncc5Cl)cccc34)nc2c1. The van der Waals surface area contributed by atoms with Crippen LogP contribution in [0.1, 0.15) is 0 Å². The normalized spacial score (nSPS) is 11.3. The van der Waals surface area contributed by atoms with Crippen LogP contribution < -0.4 is 11.5 Å². The van der Waals surface area contributed by atoms with Crippen LogP contribution in [-0.4, -0.2) is 9.97 Å². The first-order valence-corrected chi connectivity index (χ1v) is 9.07. The first kappa shape index (κ1) is 16.6. The van der Waals surface area contributed by atoms with E-state index in [1.165, 1.54) is 0 Å². The highest BCUT2D eigenvalue weighted by molar-refractivity contribution is 6.33. The number of hydrogen-bond acceptors (Lipinski definition) is 5. The predicted octanol–water partition coefficient (Wildman–Crippen LogP) is 5.53. The number of nitrogen functional groups attached to an aromatic ring is 2. The van der Waals surface area contributed by atoms with E-state index in [0.29, 0.717) is 28.0 Å². The quantitative estimate of drug-likeness (QED) is 0.389. The van der Waals surface area contributed by atoms with Gasteiger partial charge in [-0.2, -0.15) is 0 Å². The highest BCUT2D eigenvalue weighted by Crippen LogP contribution is 2.38. The zero-order valence-corrected chi connectivity index (χ0v) is 15.4. The van der Waals surface area contributed by atoms with E-state index in [2.05, 4.69) is 9.97 Å². The summed E-state index contributed by atoms with van der Waals surface area (Å²) in [5, 5.41) is 2.57. The van der Waals surface area contributed by atoms with E-state index in [9.17, 15) is 0 Å². The Kier molecular flexibility index (Phi) is 3.70. The van der Waals surface area contributed by atoms with Gasteiger partial charge < -0.3 is 15.9 Å². The summed E-state index contributed by atoms with van der Waals surface area (Å²) in [6.07, 6.45) is 1.57. The second-order valence-corrected chi connectivity index (χ2v) is 6.95. The first-order chi connectivity index (χ1) is 13.6. The summed E-state index contributed by atoms with van der Waals surface area (Å²) in [5.74, 6) is 0.966. The monoisotopic (exact) mass is 386 g/mol. The highest BCUT2D eigenvalue weighted by Gasteiger charge is 2.15. The lowest BCUT2D eigenvalue weighted by molar-refractivity contribution is 0.620. The topological polar surface area (TPSA) is 91.0 Å². The molecule has 0 bridgehead atoms. The third-order valence-corrected chi connectivity index (χ3v) is 5.03. The third kappa shape index (κ3) is 2.64. The molecular formula is C22H15ClN4O. The maximum atomic E-state index is 6.40. The molecule has 0 saturated heterocycles. The zero-order chi connectivity index (χ0) is 19.3. The molecular weight excluding hydrogens is 372 g/mol. The van der Waals surface area contributed by atoms with Gasteiger partial charge in [0.1, 0.15) is 11.3 Å². The van der Waals surface area contributed by atoms with Crippen molar-refractivity contribution in [3.8, 4) is 22.6 Å². The smallest absolute Gasteiger partial charge is 0.227 e. The van der Waals surface area contributed by atoms with E-state index >= 15 is 0 Å². The molecule has 5 nitrogen and oxygen atoms in total. The molecule has 0 aliphatic rings. The third-order valence-electron chi connectivity index (χ3n) is 4.73. The molecule has 0 fully saturated rings. The van der Waals surface area contributed by atoms with Gasteiger partial charge in [-0.25, -0.2) is 9.97 Å². The molecule has 5 aromatic rings. The largest absolute Gasteiger partial charge is 0.436 e. The van der Waals surface area contributed by atoms with Crippen molar-refractivity contribution in [1.82, 2.24) is 9.97 Å². The van der Waals surface area contributed by atoms with Crippen molar-refractivity contribution in [3.63, 3.8) is 0 Å². The van der Waals surface area contributed by atoms with Crippen LogP contribution in [0.25, 0.3) is 44.5 Å². The van der Waals surface area contributed by atoms with Gasteiger partial charge in [-0.1, -0.05) is 41.9 Å². The van der Waals surface area contributed by atoms with Gasteiger partial charge in [0, 0.05) is 23.0 Å². The molecule has 0 unspecified atom stereocenters.